The molecule has 1 atom stereocenters. The van der Waals surface area contributed by atoms with Gasteiger partial charge in [0.25, 0.3) is 11.8 Å². The first-order chi connectivity index (χ1) is 18.9. The lowest BCUT2D eigenvalue weighted by Crippen LogP contribution is -2.34. The van der Waals surface area contributed by atoms with Gasteiger partial charge in [-0.05, 0) is 67.7 Å². The number of aromatic nitrogens is 1. The number of carbonyl (C=O) groups excluding carboxylic acids is 2. The van der Waals surface area contributed by atoms with Gasteiger partial charge in [-0.15, -0.1) is 0 Å². The molecule has 0 radical (unpaired) electrons. The van der Waals surface area contributed by atoms with Crippen molar-refractivity contribution in [2.45, 2.75) is 65.3 Å². The molecule has 206 valence electrons. The topological polar surface area (TPSA) is 98.2 Å². The fourth-order valence-corrected chi connectivity index (χ4v) is 5.73. The van der Waals surface area contributed by atoms with Gasteiger partial charge in [-0.25, -0.2) is 4.98 Å². The Morgan fingerprint density at radius 2 is 1.62 bits per heavy atom. The Kier molecular flexibility index (Phi) is 9.82. The first-order valence-electron chi connectivity index (χ1n) is 14.3. The Morgan fingerprint density at radius 3 is 2.31 bits per heavy atom. The molecule has 2 aromatic carbocycles. The highest BCUT2D eigenvalue weighted by molar-refractivity contribution is 6.18. The largest absolute Gasteiger partial charge is 0.350 e. The van der Waals surface area contributed by atoms with E-state index in [2.05, 4.69) is 41.3 Å². The fourth-order valence-electron chi connectivity index (χ4n) is 5.73. The van der Waals surface area contributed by atoms with Gasteiger partial charge in [0, 0.05) is 42.0 Å². The van der Waals surface area contributed by atoms with Crippen LogP contribution in [0.3, 0.4) is 0 Å². The predicted octanol–water partition coefficient (Wildman–Crippen LogP) is 6.29. The first kappa shape index (κ1) is 28.4. The fraction of sp³-hybridized carbons (Fsp3) is 0.438. The molecule has 1 aromatic heterocycles. The summed E-state index contributed by atoms with van der Waals surface area (Å²) in [6, 6.07) is 15.0. The van der Waals surface area contributed by atoms with Gasteiger partial charge >= 0.3 is 0 Å². The lowest BCUT2D eigenvalue weighted by Gasteiger charge is -2.26. The minimum atomic E-state index is -0.310. The number of fused-ring (bicyclic) bond motifs is 1. The van der Waals surface area contributed by atoms with E-state index in [0.29, 0.717) is 35.8 Å². The van der Waals surface area contributed by atoms with Crippen LogP contribution < -0.4 is 10.6 Å². The molecule has 1 aliphatic rings. The maximum absolute atomic E-state index is 13.5. The van der Waals surface area contributed by atoms with Crippen molar-refractivity contribution in [3.63, 3.8) is 0 Å². The van der Waals surface area contributed by atoms with Crippen molar-refractivity contribution in [1.29, 1.82) is 5.41 Å². The molecule has 1 saturated carbocycles. The van der Waals surface area contributed by atoms with Crippen molar-refractivity contribution >= 4 is 34.0 Å². The van der Waals surface area contributed by atoms with Crippen molar-refractivity contribution in [1.82, 2.24) is 15.2 Å². The Morgan fingerprint density at radius 1 is 0.949 bits per heavy atom. The second-order valence-electron chi connectivity index (χ2n) is 10.5. The molecule has 39 heavy (non-hydrogen) atoms. The summed E-state index contributed by atoms with van der Waals surface area (Å²) in [7, 11) is 0. The van der Waals surface area contributed by atoms with Crippen molar-refractivity contribution in [3.8, 4) is 0 Å². The van der Waals surface area contributed by atoms with Crippen LogP contribution in [0, 0.1) is 11.3 Å². The number of nitrogens with zero attached hydrogens (tertiary/aromatic N) is 2. The molecule has 3 N–H and O–H groups in total. The van der Waals surface area contributed by atoms with Gasteiger partial charge in [-0.2, -0.15) is 0 Å². The molecule has 1 aliphatic carbocycles. The number of rotatable bonds is 11. The number of pyridine rings is 1. The zero-order valence-electron chi connectivity index (χ0n) is 23.4. The van der Waals surface area contributed by atoms with E-state index >= 15 is 0 Å². The van der Waals surface area contributed by atoms with Crippen LogP contribution in [0.1, 0.15) is 85.7 Å². The highest BCUT2D eigenvalue weighted by Crippen LogP contribution is 2.27. The third-order valence-electron chi connectivity index (χ3n) is 7.98. The van der Waals surface area contributed by atoms with Gasteiger partial charge in [0.05, 0.1) is 5.69 Å². The zero-order valence-corrected chi connectivity index (χ0v) is 23.4. The Hall–Kier alpha value is -3.58. The molecule has 7 heteroatoms. The molecule has 1 unspecified atom stereocenters. The normalized spacial score (nSPS) is 14.8. The lowest BCUT2D eigenvalue weighted by atomic mass is 9.89. The molecular formula is C32H41N5O2. The molecular weight excluding hydrogens is 486 g/mol. The van der Waals surface area contributed by atoms with Gasteiger partial charge in [0.15, 0.2) is 5.69 Å². The minimum absolute atomic E-state index is 0.217. The molecule has 0 saturated heterocycles. The number of carbonyl (C=O) groups is 2. The minimum Gasteiger partial charge on any atom is -0.350 e. The maximum Gasteiger partial charge on any atom is 0.272 e. The number of hydrogen-bond donors (Lipinski definition) is 3. The number of anilines is 1. The van der Waals surface area contributed by atoms with E-state index in [4.69, 9.17) is 5.41 Å². The quantitative estimate of drug-likeness (QED) is 0.255. The molecule has 4 rings (SSSR count). The Labute approximate surface area is 231 Å². The van der Waals surface area contributed by atoms with Gasteiger partial charge in [-0.1, -0.05) is 63.4 Å². The number of amides is 2. The molecule has 0 bridgehead atoms. The van der Waals surface area contributed by atoms with Crippen LogP contribution in [0.25, 0.3) is 10.8 Å². The highest BCUT2D eigenvalue weighted by atomic mass is 16.2. The van der Waals surface area contributed by atoms with E-state index in [1.165, 1.54) is 19.3 Å². The third-order valence-corrected chi connectivity index (χ3v) is 7.98. The van der Waals surface area contributed by atoms with Gasteiger partial charge in [0.2, 0.25) is 0 Å². The van der Waals surface area contributed by atoms with Crippen LogP contribution in [0.4, 0.5) is 5.69 Å². The molecule has 0 spiro atoms. The number of hydrogen-bond acceptors (Lipinski definition) is 5. The summed E-state index contributed by atoms with van der Waals surface area (Å²) in [6.45, 7) is 8.95. The summed E-state index contributed by atoms with van der Waals surface area (Å²) >= 11 is 0. The Bertz CT molecular complexity index is 1310. The number of benzene rings is 2. The lowest BCUT2D eigenvalue weighted by molar-refractivity contribution is 0.0939. The van der Waals surface area contributed by atoms with Crippen LogP contribution >= 0.6 is 0 Å². The van der Waals surface area contributed by atoms with E-state index < -0.39 is 0 Å². The average Bonchev–Trinajstić information content (AvgIpc) is 2.96. The summed E-state index contributed by atoms with van der Waals surface area (Å²) in [4.78, 5) is 33.1. The highest BCUT2D eigenvalue weighted by Gasteiger charge is 2.21. The van der Waals surface area contributed by atoms with E-state index in [1.54, 1.807) is 24.4 Å². The van der Waals surface area contributed by atoms with Gasteiger partial charge < -0.3 is 20.9 Å². The molecule has 0 aliphatic heterocycles. The zero-order chi connectivity index (χ0) is 27.8. The molecule has 2 amide bonds. The second kappa shape index (κ2) is 13.5. The van der Waals surface area contributed by atoms with Gasteiger partial charge in [0.1, 0.15) is 0 Å². The van der Waals surface area contributed by atoms with Crippen LogP contribution in [0.15, 0.2) is 54.7 Å². The van der Waals surface area contributed by atoms with Crippen LogP contribution in [0.5, 0.6) is 0 Å². The van der Waals surface area contributed by atoms with E-state index in [1.807, 2.05) is 30.3 Å². The van der Waals surface area contributed by atoms with Crippen molar-refractivity contribution < 1.29 is 9.59 Å². The van der Waals surface area contributed by atoms with Crippen molar-refractivity contribution in [2.75, 3.05) is 25.0 Å². The van der Waals surface area contributed by atoms with E-state index in [9.17, 15) is 9.59 Å². The molecule has 7 nitrogen and oxygen atoms in total. The summed E-state index contributed by atoms with van der Waals surface area (Å²) < 4.78 is 0. The number of nitrogens with one attached hydrogen (secondary N) is 3. The molecule has 3 aromatic rings. The van der Waals surface area contributed by atoms with Crippen molar-refractivity contribution in [3.05, 3.63) is 71.5 Å². The van der Waals surface area contributed by atoms with Crippen LogP contribution in [-0.2, 0) is 0 Å². The monoisotopic (exact) mass is 527 g/mol. The SMILES string of the molecule is CCN(CC)C(C)CC(=N)c1ccc(C(=O)Nc2cccnc2C(=O)NCC2CCCCC2)c2ccccc12. The smallest absolute Gasteiger partial charge is 0.272 e. The predicted molar refractivity (Wildman–Crippen MR) is 159 cm³/mol. The van der Waals surface area contributed by atoms with E-state index in [-0.39, 0.29) is 23.6 Å². The maximum atomic E-state index is 13.5. The standard InChI is InChI=1S/C32H41N5O2/c1-4-37(5-2)22(3)20-28(33)26-17-18-27(25-15-10-9-14-24(25)26)31(38)36-29-16-11-19-34-30(29)32(39)35-21-23-12-7-6-8-13-23/h9-11,14-19,22-23,33H,4-8,12-13,20-21H2,1-3H3,(H,35,39)(H,36,38). The summed E-state index contributed by atoms with van der Waals surface area (Å²) in [5.41, 5.74) is 2.50. The molecule has 1 heterocycles. The summed E-state index contributed by atoms with van der Waals surface area (Å²) in [5.74, 6) is -0.0781. The first-order valence-corrected chi connectivity index (χ1v) is 14.3. The molecule has 1 fully saturated rings. The van der Waals surface area contributed by atoms with Crippen molar-refractivity contribution in [2.24, 2.45) is 5.92 Å². The van der Waals surface area contributed by atoms with Crippen LogP contribution in [0.2, 0.25) is 0 Å². The third kappa shape index (κ3) is 6.90. The van der Waals surface area contributed by atoms with Crippen LogP contribution in [-0.4, -0.2) is 53.1 Å². The summed E-state index contributed by atoms with van der Waals surface area (Å²) in [5, 5.41) is 16.5. The van der Waals surface area contributed by atoms with Gasteiger partial charge in [-0.3, -0.25) is 9.59 Å². The van der Waals surface area contributed by atoms with E-state index in [0.717, 1.165) is 42.3 Å². The Balaban J connectivity index is 1.53. The second-order valence-corrected chi connectivity index (χ2v) is 10.5. The average molecular weight is 528 g/mol. The summed E-state index contributed by atoms with van der Waals surface area (Å²) in [6.07, 6.45) is 8.18.